The highest BCUT2D eigenvalue weighted by atomic mass is 32.2. The van der Waals surface area contributed by atoms with E-state index in [-0.39, 0.29) is 5.56 Å². The first kappa shape index (κ1) is 13.1. The van der Waals surface area contributed by atoms with E-state index in [0.29, 0.717) is 4.90 Å². The van der Waals surface area contributed by atoms with Gasteiger partial charge in [0.15, 0.2) is 0 Å². The van der Waals surface area contributed by atoms with Crippen molar-refractivity contribution in [2.45, 2.75) is 16.8 Å². The quantitative estimate of drug-likeness (QED) is 0.745. The molecule has 0 radical (unpaired) electrons. The first-order valence-electron chi connectivity index (χ1n) is 5.86. The highest BCUT2D eigenvalue weighted by molar-refractivity contribution is 7.99. The Bertz CT molecular complexity index is 799. The maximum atomic E-state index is 11.2. The van der Waals surface area contributed by atoms with Crippen molar-refractivity contribution in [1.82, 2.24) is 9.97 Å². The predicted octanol–water partition coefficient (Wildman–Crippen LogP) is 3.85. The van der Waals surface area contributed by atoms with Crippen LogP contribution in [-0.2, 0) is 0 Å². The van der Waals surface area contributed by atoms with Gasteiger partial charge < -0.3 is 5.11 Å². The molecule has 0 amide bonds. The van der Waals surface area contributed by atoms with Crippen molar-refractivity contribution in [1.29, 1.82) is 0 Å². The molecule has 0 atom stereocenters. The zero-order valence-corrected chi connectivity index (χ0v) is 12.2. The Kier molecular flexibility index (Phi) is 3.42. The minimum Gasteiger partial charge on any atom is -0.478 e. The van der Waals surface area contributed by atoms with Crippen molar-refractivity contribution in [3.8, 4) is 0 Å². The second kappa shape index (κ2) is 5.22. The van der Waals surface area contributed by atoms with Crippen LogP contribution in [0, 0.1) is 6.92 Å². The fourth-order valence-corrected chi connectivity index (χ4v) is 3.92. The van der Waals surface area contributed by atoms with Gasteiger partial charge in [-0.15, -0.1) is 11.3 Å². The van der Waals surface area contributed by atoms with E-state index in [1.54, 1.807) is 29.5 Å². The average Bonchev–Trinajstić information content (AvgIpc) is 2.82. The molecule has 0 unspecified atom stereocenters. The van der Waals surface area contributed by atoms with Crippen LogP contribution in [0.15, 0.2) is 45.9 Å². The highest BCUT2D eigenvalue weighted by Crippen LogP contribution is 2.36. The molecule has 0 saturated carbocycles. The van der Waals surface area contributed by atoms with E-state index in [0.717, 1.165) is 20.8 Å². The molecule has 0 aliphatic heterocycles. The molecule has 0 aliphatic carbocycles. The van der Waals surface area contributed by atoms with Crippen molar-refractivity contribution < 1.29 is 9.90 Å². The van der Waals surface area contributed by atoms with Gasteiger partial charge in [0.05, 0.1) is 15.8 Å². The molecule has 4 nitrogen and oxygen atoms in total. The number of hydrogen-bond donors (Lipinski definition) is 1. The zero-order valence-electron chi connectivity index (χ0n) is 10.5. The summed E-state index contributed by atoms with van der Waals surface area (Å²) in [7, 11) is 0. The SMILES string of the molecule is Cc1csc2c(Sc3ccccc3C(=O)O)ncnc12. The molecule has 0 fully saturated rings. The fourth-order valence-electron chi connectivity index (χ4n) is 1.86. The van der Waals surface area contributed by atoms with E-state index in [4.69, 9.17) is 0 Å². The number of benzene rings is 1. The molecule has 0 aliphatic rings. The Labute approximate surface area is 123 Å². The molecule has 2 aromatic heterocycles. The lowest BCUT2D eigenvalue weighted by Gasteiger charge is -2.05. The minimum absolute atomic E-state index is 0.289. The lowest BCUT2D eigenvalue weighted by molar-refractivity contribution is 0.0693. The Hall–Kier alpha value is -1.92. The lowest BCUT2D eigenvalue weighted by Crippen LogP contribution is -1.98. The van der Waals surface area contributed by atoms with Crippen LogP contribution in [0.2, 0.25) is 0 Å². The number of carboxylic acids is 1. The van der Waals surface area contributed by atoms with Crippen LogP contribution >= 0.6 is 23.1 Å². The average molecular weight is 302 g/mol. The van der Waals surface area contributed by atoms with Gasteiger partial charge in [-0.25, -0.2) is 14.8 Å². The molecule has 6 heteroatoms. The molecule has 20 heavy (non-hydrogen) atoms. The second-order valence-corrected chi connectivity index (χ2v) is 6.09. The van der Waals surface area contributed by atoms with Crippen molar-refractivity contribution in [3.05, 3.63) is 47.1 Å². The van der Waals surface area contributed by atoms with Crippen molar-refractivity contribution >= 4 is 39.3 Å². The summed E-state index contributed by atoms with van der Waals surface area (Å²) in [5, 5.41) is 12.0. The van der Waals surface area contributed by atoms with E-state index < -0.39 is 5.97 Å². The number of fused-ring (bicyclic) bond motifs is 1. The van der Waals surface area contributed by atoms with Gasteiger partial charge in [0.1, 0.15) is 11.4 Å². The maximum Gasteiger partial charge on any atom is 0.336 e. The third-order valence-corrected chi connectivity index (χ3v) is 5.12. The second-order valence-electron chi connectivity index (χ2n) is 4.18. The number of hydrogen-bond acceptors (Lipinski definition) is 5. The van der Waals surface area contributed by atoms with Crippen LogP contribution in [0.3, 0.4) is 0 Å². The summed E-state index contributed by atoms with van der Waals surface area (Å²) in [5.41, 5.74) is 2.33. The number of carboxylic acid groups (broad SMARTS) is 1. The normalized spacial score (nSPS) is 10.8. The Morgan fingerprint density at radius 3 is 2.90 bits per heavy atom. The van der Waals surface area contributed by atoms with Crippen molar-refractivity contribution in [2.24, 2.45) is 0 Å². The molecule has 0 saturated heterocycles. The summed E-state index contributed by atoms with van der Waals surface area (Å²) in [5.74, 6) is -0.930. The van der Waals surface area contributed by atoms with Crippen LogP contribution in [0.25, 0.3) is 10.2 Å². The van der Waals surface area contributed by atoms with E-state index in [2.05, 4.69) is 9.97 Å². The van der Waals surface area contributed by atoms with Gasteiger partial charge in [0.25, 0.3) is 0 Å². The van der Waals surface area contributed by atoms with Gasteiger partial charge >= 0.3 is 5.97 Å². The monoisotopic (exact) mass is 302 g/mol. The third-order valence-electron chi connectivity index (χ3n) is 2.82. The maximum absolute atomic E-state index is 11.2. The fraction of sp³-hybridized carbons (Fsp3) is 0.0714. The first-order valence-corrected chi connectivity index (χ1v) is 7.55. The van der Waals surface area contributed by atoms with Crippen molar-refractivity contribution in [2.75, 3.05) is 0 Å². The lowest BCUT2D eigenvalue weighted by atomic mass is 10.2. The zero-order chi connectivity index (χ0) is 14.1. The molecule has 100 valence electrons. The molecule has 0 bridgehead atoms. The smallest absolute Gasteiger partial charge is 0.336 e. The topological polar surface area (TPSA) is 63.1 Å². The van der Waals surface area contributed by atoms with E-state index in [1.165, 1.54) is 18.1 Å². The van der Waals surface area contributed by atoms with Crippen LogP contribution in [0.1, 0.15) is 15.9 Å². The first-order chi connectivity index (χ1) is 9.66. The highest BCUT2D eigenvalue weighted by Gasteiger charge is 2.14. The number of aromatic carboxylic acids is 1. The van der Waals surface area contributed by atoms with E-state index in [1.807, 2.05) is 18.4 Å². The van der Waals surface area contributed by atoms with Gasteiger partial charge in [-0.1, -0.05) is 23.9 Å². The summed E-state index contributed by atoms with van der Waals surface area (Å²) < 4.78 is 0.996. The molecule has 1 N–H and O–H groups in total. The number of rotatable bonds is 3. The van der Waals surface area contributed by atoms with Gasteiger partial charge in [-0.2, -0.15) is 0 Å². The number of nitrogens with zero attached hydrogens (tertiary/aromatic N) is 2. The molecule has 1 aromatic carbocycles. The molecule has 3 rings (SSSR count). The van der Waals surface area contributed by atoms with Crippen molar-refractivity contribution in [3.63, 3.8) is 0 Å². The Balaban J connectivity index is 2.08. The van der Waals surface area contributed by atoms with E-state index in [9.17, 15) is 9.90 Å². The number of thiophene rings is 1. The summed E-state index contributed by atoms with van der Waals surface area (Å²) in [6, 6.07) is 6.94. The summed E-state index contributed by atoms with van der Waals surface area (Å²) in [6.45, 7) is 2.01. The summed E-state index contributed by atoms with van der Waals surface area (Å²) in [4.78, 5) is 20.5. The van der Waals surface area contributed by atoms with Gasteiger partial charge in [0, 0.05) is 4.90 Å². The summed E-state index contributed by atoms with van der Waals surface area (Å²) >= 11 is 2.94. The predicted molar refractivity (Wildman–Crippen MR) is 79.7 cm³/mol. The van der Waals surface area contributed by atoms with Gasteiger partial charge in [-0.3, -0.25) is 0 Å². The van der Waals surface area contributed by atoms with Crippen LogP contribution in [0.4, 0.5) is 0 Å². The van der Waals surface area contributed by atoms with Crippen LogP contribution < -0.4 is 0 Å². The number of carbonyl (C=O) groups is 1. The third kappa shape index (κ3) is 2.28. The molecule has 3 aromatic rings. The molecule has 2 heterocycles. The number of aryl methyl sites for hydroxylation is 1. The summed E-state index contributed by atoms with van der Waals surface area (Å²) in [6.07, 6.45) is 1.52. The Morgan fingerprint density at radius 2 is 2.10 bits per heavy atom. The largest absolute Gasteiger partial charge is 0.478 e. The molecule has 0 spiro atoms. The molecular weight excluding hydrogens is 292 g/mol. The molecular formula is C14H10N2O2S2. The number of aromatic nitrogens is 2. The van der Waals surface area contributed by atoms with E-state index >= 15 is 0 Å². The van der Waals surface area contributed by atoms with Gasteiger partial charge in [-0.05, 0) is 30.0 Å². The standard InChI is InChI=1S/C14H10N2O2S2/c1-8-6-19-12-11(8)15-7-16-13(12)20-10-5-3-2-4-9(10)14(17)18/h2-7H,1H3,(H,17,18). The van der Waals surface area contributed by atoms with Crippen LogP contribution in [-0.4, -0.2) is 21.0 Å². The van der Waals surface area contributed by atoms with Crippen LogP contribution in [0.5, 0.6) is 0 Å². The van der Waals surface area contributed by atoms with Gasteiger partial charge in [0.2, 0.25) is 0 Å². The Morgan fingerprint density at radius 1 is 1.30 bits per heavy atom. The minimum atomic E-state index is -0.930.